The van der Waals surface area contributed by atoms with Crippen molar-refractivity contribution in [1.82, 2.24) is 20.9 Å². The van der Waals surface area contributed by atoms with Crippen molar-refractivity contribution in [2.45, 2.75) is 84.0 Å². The lowest BCUT2D eigenvalue weighted by Crippen LogP contribution is -2.45. The summed E-state index contributed by atoms with van der Waals surface area (Å²) in [7, 11) is 0. The molecule has 1 aliphatic heterocycles. The molecule has 1 saturated carbocycles. The van der Waals surface area contributed by atoms with Gasteiger partial charge in [0.15, 0.2) is 5.96 Å². The maximum Gasteiger partial charge on any atom is 0.251 e. The lowest BCUT2D eigenvalue weighted by Gasteiger charge is -2.24. The number of rotatable bonds is 6. The number of hydrogen-bond donors (Lipinski definition) is 3. The van der Waals surface area contributed by atoms with Gasteiger partial charge in [-0.2, -0.15) is 0 Å². The van der Waals surface area contributed by atoms with Gasteiger partial charge in [-0.15, -0.1) is 24.0 Å². The molecule has 1 unspecified atom stereocenters. The van der Waals surface area contributed by atoms with Crippen molar-refractivity contribution >= 4 is 35.8 Å². The summed E-state index contributed by atoms with van der Waals surface area (Å²) in [4.78, 5) is 19.9. The molecule has 1 atom stereocenters. The third-order valence-corrected chi connectivity index (χ3v) is 5.84. The summed E-state index contributed by atoms with van der Waals surface area (Å²) in [6, 6.07) is 8.99. The molecule has 1 heterocycles. The Bertz CT molecular complexity index is 740. The molecule has 1 amide bonds. The number of amides is 1. The molecule has 2 aliphatic rings. The van der Waals surface area contributed by atoms with Gasteiger partial charge in [0.05, 0.1) is 6.54 Å². The molecule has 7 heteroatoms. The Morgan fingerprint density at radius 1 is 1.19 bits per heavy atom. The minimum absolute atomic E-state index is 0. The largest absolute Gasteiger partial charge is 0.357 e. The molecule has 0 aromatic heterocycles. The Labute approximate surface area is 205 Å². The van der Waals surface area contributed by atoms with Crippen LogP contribution in [0.15, 0.2) is 29.3 Å². The monoisotopic (exact) mass is 541 g/mol. The van der Waals surface area contributed by atoms with Crippen LogP contribution in [0, 0.1) is 0 Å². The zero-order valence-corrected chi connectivity index (χ0v) is 21.9. The number of nitrogens with zero attached hydrogens (tertiary/aromatic N) is 2. The number of nitrogens with one attached hydrogen (secondary N) is 3. The van der Waals surface area contributed by atoms with Crippen molar-refractivity contribution in [3.8, 4) is 0 Å². The summed E-state index contributed by atoms with van der Waals surface area (Å²) in [6.07, 6.45) is 6.66. The molecule has 3 N–H and O–H groups in total. The highest BCUT2D eigenvalue weighted by Crippen LogP contribution is 2.26. The van der Waals surface area contributed by atoms with Crippen LogP contribution in [-0.2, 0) is 6.54 Å². The molecular formula is C24H40IN5O. The zero-order chi connectivity index (χ0) is 21.6. The maximum absolute atomic E-state index is 12.4. The highest BCUT2D eigenvalue weighted by Gasteiger charge is 2.30. The van der Waals surface area contributed by atoms with Crippen molar-refractivity contribution < 1.29 is 4.79 Å². The first-order chi connectivity index (χ1) is 14.3. The van der Waals surface area contributed by atoms with E-state index in [1.165, 1.54) is 38.6 Å². The van der Waals surface area contributed by atoms with E-state index in [4.69, 9.17) is 4.99 Å². The molecular weight excluding hydrogens is 501 g/mol. The molecule has 1 saturated heterocycles. The van der Waals surface area contributed by atoms with Crippen LogP contribution in [-0.4, -0.2) is 54.0 Å². The first-order valence-corrected chi connectivity index (χ1v) is 11.5. The van der Waals surface area contributed by atoms with E-state index in [9.17, 15) is 4.79 Å². The second-order valence-corrected chi connectivity index (χ2v) is 9.66. The van der Waals surface area contributed by atoms with E-state index in [2.05, 4.69) is 27.8 Å². The van der Waals surface area contributed by atoms with Gasteiger partial charge >= 0.3 is 0 Å². The van der Waals surface area contributed by atoms with Crippen molar-refractivity contribution in [1.29, 1.82) is 0 Å². The second-order valence-electron chi connectivity index (χ2n) is 9.66. The predicted molar refractivity (Wildman–Crippen MR) is 139 cm³/mol. The summed E-state index contributed by atoms with van der Waals surface area (Å²) >= 11 is 0. The number of hydrogen-bond acceptors (Lipinski definition) is 3. The van der Waals surface area contributed by atoms with Gasteiger partial charge in [-0.3, -0.25) is 9.69 Å². The van der Waals surface area contributed by atoms with E-state index in [1.807, 2.05) is 45.0 Å². The van der Waals surface area contributed by atoms with Crippen LogP contribution in [0.2, 0.25) is 0 Å². The van der Waals surface area contributed by atoms with Crippen molar-refractivity contribution in [3.63, 3.8) is 0 Å². The lowest BCUT2D eigenvalue weighted by atomic mass is 10.1. The first-order valence-electron chi connectivity index (χ1n) is 11.5. The molecule has 1 aliphatic carbocycles. The van der Waals surface area contributed by atoms with Gasteiger partial charge in [0.25, 0.3) is 5.91 Å². The number of likely N-dealkylation sites (tertiary alicyclic amines) is 1. The fraction of sp³-hybridized carbons (Fsp3) is 0.667. The quantitative estimate of drug-likeness (QED) is 0.290. The molecule has 0 spiro atoms. The van der Waals surface area contributed by atoms with Crippen LogP contribution in [0.25, 0.3) is 0 Å². The molecule has 2 fully saturated rings. The van der Waals surface area contributed by atoms with E-state index >= 15 is 0 Å². The topological polar surface area (TPSA) is 68.8 Å². The standard InChI is InChI=1S/C24H39N5O.HI/c1-5-25-23(27-20-13-14-29(17-20)21-11-6-7-12-21)26-16-18-9-8-10-19(15-18)22(30)28-24(2,3)4;/h8-10,15,20-21H,5-7,11-14,16-17H2,1-4H3,(H,28,30)(H2,25,26,27);1H. The van der Waals surface area contributed by atoms with Crippen LogP contribution >= 0.6 is 24.0 Å². The fourth-order valence-electron chi connectivity index (χ4n) is 4.41. The maximum atomic E-state index is 12.4. The Hall–Kier alpha value is -1.35. The highest BCUT2D eigenvalue weighted by atomic mass is 127. The van der Waals surface area contributed by atoms with Gasteiger partial charge in [0, 0.05) is 42.8 Å². The van der Waals surface area contributed by atoms with Gasteiger partial charge in [-0.1, -0.05) is 25.0 Å². The summed E-state index contributed by atoms with van der Waals surface area (Å²) in [6.45, 7) is 11.7. The average molecular weight is 542 g/mol. The minimum Gasteiger partial charge on any atom is -0.357 e. The van der Waals surface area contributed by atoms with Gasteiger partial charge in [0.2, 0.25) is 0 Å². The molecule has 31 heavy (non-hydrogen) atoms. The molecule has 1 aromatic carbocycles. The Morgan fingerprint density at radius 2 is 1.94 bits per heavy atom. The minimum atomic E-state index is -0.249. The van der Waals surface area contributed by atoms with Gasteiger partial charge in [-0.25, -0.2) is 4.99 Å². The van der Waals surface area contributed by atoms with Crippen LogP contribution in [0.1, 0.15) is 75.7 Å². The van der Waals surface area contributed by atoms with Crippen LogP contribution in [0.5, 0.6) is 0 Å². The second kappa shape index (κ2) is 12.0. The van der Waals surface area contributed by atoms with E-state index in [0.29, 0.717) is 18.2 Å². The van der Waals surface area contributed by atoms with Gasteiger partial charge in [-0.05, 0) is 64.7 Å². The normalized spacial score (nSPS) is 20.4. The smallest absolute Gasteiger partial charge is 0.251 e. The number of carbonyl (C=O) groups excluding carboxylic acids is 1. The number of aliphatic imine (C=N–C) groups is 1. The van der Waals surface area contributed by atoms with Crippen LogP contribution in [0.3, 0.4) is 0 Å². The van der Waals surface area contributed by atoms with Crippen molar-refractivity contribution in [3.05, 3.63) is 35.4 Å². The van der Waals surface area contributed by atoms with E-state index in [0.717, 1.165) is 30.7 Å². The van der Waals surface area contributed by atoms with Crippen LogP contribution < -0.4 is 16.0 Å². The van der Waals surface area contributed by atoms with Crippen LogP contribution in [0.4, 0.5) is 0 Å². The summed E-state index contributed by atoms with van der Waals surface area (Å²) in [5.41, 5.74) is 1.47. The molecule has 6 nitrogen and oxygen atoms in total. The molecule has 1 aromatic rings. The van der Waals surface area contributed by atoms with E-state index in [-0.39, 0.29) is 35.4 Å². The lowest BCUT2D eigenvalue weighted by molar-refractivity contribution is 0.0919. The number of halogens is 1. The molecule has 3 rings (SSSR count). The average Bonchev–Trinajstić information content (AvgIpc) is 3.37. The number of carbonyl (C=O) groups is 1. The summed E-state index contributed by atoms with van der Waals surface area (Å²) in [5, 5.41) is 10.0. The third kappa shape index (κ3) is 8.25. The SMILES string of the molecule is CCNC(=NCc1cccc(C(=O)NC(C)(C)C)c1)NC1CCN(C2CCCC2)C1.I. The predicted octanol–water partition coefficient (Wildman–Crippen LogP) is 3.90. The summed E-state index contributed by atoms with van der Waals surface area (Å²) in [5.74, 6) is 0.816. The Morgan fingerprint density at radius 3 is 2.61 bits per heavy atom. The molecule has 174 valence electrons. The molecule has 0 bridgehead atoms. The van der Waals surface area contributed by atoms with Crippen molar-refractivity contribution in [2.75, 3.05) is 19.6 Å². The van der Waals surface area contributed by atoms with E-state index in [1.54, 1.807) is 0 Å². The Kier molecular flexibility index (Phi) is 10.1. The summed E-state index contributed by atoms with van der Waals surface area (Å²) < 4.78 is 0. The molecule has 0 radical (unpaired) electrons. The number of benzene rings is 1. The van der Waals surface area contributed by atoms with Gasteiger partial charge < -0.3 is 16.0 Å². The fourth-order valence-corrected chi connectivity index (χ4v) is 4.41. The Balaban J connectivity index is 0.00000341. The zero-order valence-electron chi connectivity index (χ0n) is 19.5. The number of guanidine groups is 1. The van der Waals surface area contributed by atoms with Crippen molar-refractivity contribution in [2.24, 2.45) is 4.99 Å². The first kappa shape index (κ1) is 25.9. The van der Waals surface area contributed by atoms with Gasteiger partial charge in [0.1, 0.15) is 0 Å². The highest BCUT2D eigenvalue weighted by molar-refractivity contribution is 14.0. The van der Waals surface area contributed by atoms with E-state index < -0.39 is 0 Å². The third-order valence-electron chi connectivity index (χ3n) is 5.84.